The van der Waals surface area contributed by atoms with Gasteiger partial charge in [-0.05, 0) is 52.0 Å². The van der Waals surface area contributed by atoms with E-state index in [0.29, 0.717) is 31.3 Å². The molecule has 0 amide bonds. The molecule has 0 unspecified atom stereocenters. The Balaban J connectivity index is 2.07. The Hall–Kier alpha value is -2.90. The first-order chi connectivity index (χ1) is 14.5. The molecule has 2 fully saturated rings. The largest absolute Gasteiger partial charge is 0.478 e. The number of carbonyl (C=O) groups excluding carboxylic acids is 3. The topological polar surface area (TPSA) is 116 Å². The van der Waals surface area contributed by atoms with Gasteiger partial charge in [0.2, 0.25) is 0 Å². The number of ether oxygens (including phenoxy) is 3. The van der Waals surface area contributed by atoms with E-state index in [1.807, 2.05) is 0 Å². The van der Waals surface area contributed by atoms with Crippen molar-refractivity contribution in [3.8, 4) is 0 Å². The van der Waals surface area contributed by atoms with Crippen LogP contribution < -0.4 is 0 Å². The molecule has 1 saturated carbocycles. The van der Waals surface area contributed by atoms with Gasteiger partial charge >= 0.3 is 23.9 Å². The van der Waals surface area contributed by atoms with Crippen molar-refractivity contribution < 1.29 is 38.5 Å². The summed E-state index contributed by atoms with van der Waals surface area (Å²) in [6.07, 6.45) is 8.21. The summed E-state index contributed by atoms with van der Waals surface area (Å²) in [4.78, 5) is 48.8. The van der Waals surface area contributed by atoms with E-state index in [-0.39, 0.29) is 17.9 Å². The Morgan fingerprint density at radius 3 is 2.58 bits per heavy atom. The van der Waals surface area contributed by atoms with Crippen LogP contribution in [0, 0.1) is 11.3 Å². The average molecular weight is 432 g/mol. The van der Waals surface area contributed by atoms with Crippen molar-refractivity contribution in [2.75, 3.05) is 7.11 Å². The molecule has 0 aromatic rings. The number of carboxylic acid groups (broad SMARTS) is 1. The van der Waals surface area contributed by atoms with Crippen molar-refractivity contribution in [1.29, 1.82) is 0 Å². The van der Waals surface area contributed by atoms with Crippen LogP contribution in [0.15, 0.2) is 35.5 Å². The first kappa shape index (κ1) is 22.8. The van der Waals surface area contributed by atoms with E-state index in [2.05, 4.69) is 0 Å². The van der Waals surface area contributed by atoms with Gasteiger partial charge in [-0.25, -0.2) is 9.59 Å². The highest BCUT2D eigenvalue weighted by Crippen LogP contribution is 2.65. The molecular formula is C23H28O8. The fourth-order valence-electron chi connectivity index (χ4n) is 5.45. The van der Waals surface area contributed by atoms with E-state index >= 15 is 0 Å². The molecule has 8 heteroatoms. The molecule has 1 N–H and O–H groups in total. The molecule has 3 rings (SSSR count). The zero-order valence-corrected chi connectivity index (χ0v) is 18.2. The maximum absolute atomic E-state index is 13.4. The fraction of sp³-hybridized carbons (Fsp3) is 0.565. The zero-order valence-electron chi connectivity index (χ0n) is 18.2. The normalized spacial score (nSPS) is 35.0. The van der Waals surface area contributed by atoms with Crippen LogP contribution in [0.4, 0.5) is 0 Å². The fourth-order valence-corrected chi connectivity index (χ4v) is 5.45. The van der Waals surface area contributed by atoms with Gasteiger partial charge in [0.05, 0.1) is 7.11 Å². The van der Waals surface area contributed by atoms with E-state index in [9.17, 15) is 19.2 Å². The molecule has 4 atom stereocenters. The van der Waals surface area contributed by atoms with E-state index in [1.54, 1.807) is 25.2 Å². The Morgan fingerprint density at radius 2 is 1.97 bits per heavy atom. The van der Waals surface area contributed by atoms with Gasteiger partial charge in [0.25, 0.3) is 0 Å². The Kier molecular flexibility index (Phi) is 5.86. The van der Waals surface area contributed by atoms with Gasteiger partial charge in [-0.3, -0.25) is 9.59 Å². The highest BCUT2D eigenvalue weighted by atomic mass is 16.6. The second-order valence-electron chi connectivity index (χ2n) is 8.67. The van der Waals surface area contributed by atoms with Crippen molar-refractivity contribution in [1.82, 2.24) is 0 Å². The molecule has 2 aliphatic carbocycles. The molecule has 0 radical (unpaired) electrons. The third kappa shape index (κ3) is 3.58. The van der Waals surface area contributed by atoms with Crippen molar-refractivity contribution in [3.63, 3.8) is 0 Å². The monoisotopic (exact) mass is 432 g/mol. The van der Waals surface area contributed by atoms with E-state index in [0.717, 1.165) is 0 Å². The molecule has 168 valence electrons. The predicted octanol–water partition coefficient (Wildman–Crippen LogP) is 2.87. The van der Waals surface area contributed by atoms with Gasteiger partial charge in [-0.1, -0.05) is 18.2 Å². The zero-order chi connectivity index (χ0) is 23.0. The molecular weight excluding hydrogens is 404 g/mol. The second kappa shape index (κ2) is 7.98. The van der Waals surface area contributed by atoms with Crippen molar-refractivity contribution in [2.24, 2.45) is 11.3 Å². The SMILES string of the molecule is COC(=O)C1=CC[C@]23CC[C@@H]([C@@](C)(/C=C/C=C(\C)C(=O)O)OC2=O)[C@@]3(OC(C)=O)CC1. The summed E-state index contributed by atoms with van der Waals surface area (Å²) >= 11 is 0. The minimum absolute atomic E-state index is 0.138. The number of hydrogen-bond donors (Lipinski definition) is 1. The number of methoxy groups -OCH3 is 1. The summed E-state index contributed by atoms with van der Waals surface area (Å²) in [7, 11) is 1.30. The van der Waals surface area contributed by atoms with Crippen LogP contribution >= 0.6 is 0 Å². The van der Waals surface area contributed by atoms with Crippen LogP contribution in [0.3, 0.4) is 0 Å². The van der Waals surface area contributed by atoms with Crippen molar-refractivity contribution in [2.45, 2.75) is 64.1 Å². The maximum atomic E-state index is 13.4. The molecule has 0 aromatic carbocycles. The van der Waals surface area contributed by atoms with Crippen LogP contribution in [-0.2, 0) is 33.4 Å². The first-order valence-electron chi connectivity index (χ1n) is 10.3. The van der Waals surface area contributed by atoms with Crippen LogP contribution in [0.2, 0.25) is 0 Å². The lowest BCUT2D eigenvalue weighted by atomic mass is 9.62. The summed E-state index contributed by atoms with van der Waals surface area (Å²) < 4.78 is 16.7. The van der Waals surface area contributed by atoms with Crippen LogP contribution in [0.5, 0.6) is 0 Å². The molecule has 3 aliphatic rings. The lowest BCUT2D eigenvalue weighted by Crippen LogP contribution is -2.65. The minimum atomic E-state index is -1.13. The molecule has 2 bridgehead atoms. The van der Waals surface area contributed by atoms with Crippen LogP contribution in [-0.4, -0.2) is 47.3 Å². The number of carbonyl (C=O) groups is 4. The number of cyclic esters (lactones) is 1. The van der Waals surface area contributed by atoms with Gasteiger partial charge < -0.3 is 19.3 Å². The maximum Gasteiger partial charge on any atom is 0.333 e. The van der Waals surface area contributed by atoms with Gasteiger partial charge in [0.1, 0.15) is 16.6 Å². The molecule has 8 nitrogen and oxygen atoms in total. The van der Waals surface area contributed by atoms with Gasteiger partial charge in [0.15, 0.2) is 0 Å². The predicted molar refractivity (Wildman–Crippen MR) is 109 cm³/mol. The number of carboxylic acids is 1. The number of esters is 3. The van der Waals surface area contributed by atoms with Gasteiger partial charge in [-0.15, -0.1) is 0 Å². The molecule has 0 aromatic heterocycles. The van der Waals surface area contributed by atoms with Crippen LogP contribution in [0.1, 0.15) is 52.9 Å². The molecule has 1 aliphatic heterocycles. The summed E-state index contributed by atoms with van der Waals surface area (Å²) in [5.41, 5.74) is -2.71. The molecule has 31 heavy (non-hydrogen) atoms. The average Bonchev–Trinajstić information content (AvgIpc) is 2.84. The summed E-state index contributed by atoms with van der Waals surface area (Å²) in [6.45, 7) is 4.53. The Bertz CT molecular complexity index is 913. The minimum Gasteiger partial charge on any atom is -0.478 e. The smallest absolute Gasteiger partial charge is 0.333 e. The number of rotatable bonds is 5. The lowest BCUT2D eigenvalue weighted by molar-refractivity contribution is -0.235. The second-order valence-corrected chi connectivity index (χ2v) is 8.67. The lowest BCUT2D eigenvalue weighted by Gasteiger charge is -2.54. The summed E-state index contributed by atoms with van der Waals surface area (Å²) in [6, 6.07) is 0. The third-order valence-electron chi connectivity index (χ3n) is 6.97. The quantitative estimate of drug-likeness (QED) is 0.305. The first-order valence-corrected chi connectivity index (χ1v) is 10.3. The number of allylic oxidation sites excluding steroid dienone is 3. The third-order valence-corrected chi connectivity index (χ3v) is 6.97. The summed E-state index contributed by atoms with van der Waals surface area (Å²) in [5.74, 6) is -2.83. The highest BCUT2D eigenvalue weighted by molar-refractivity contribution is 5.89. The van der Waals surface area contributed by atoms with E-state index in [4.69, 9.17) is 19.3 Å². The molecule has 0 spiro atoms. The number of hydrogen-bond acceptors (Lipinski definition) is 7. The highest BCUT2D eigenvalue weighted by Gasteiger charge is 2.74. The standard InChI is InChI=1S/C23H28O8/c1-14(18(25)26)6-5-10-21(3)17-9-12-22(20(28)31-21)11-7-16(19(27)29-4)8-13-23(17,22)30-15(2)24/h5-7,10,17H,8-9,11-13H2,1-4H3,(H,25,26)/b10-5+,14-6+/t17-,21+,22-,23-/m0/s1. The van der Waals surface area contributed by atoms with Gasteiger partial charge in [0, 0.05) is 24.0 Å². The van der Waals surface area contributed by atoms with Gasteiger partial charge in [-0.2, -0.15) is 0 Å². The van der Waals surface area contributed by atoms with Crippen molar-refractivity contribution in [3.05, 3.63) is 35.5 Å². The van der Waals surface area contributed by atoms with Crippen molar-refractivity contribution >= 4 is 23.9 Å². The van der Waals surface area contributed by atoms with E-state index in [1.165, 1.54) is 27.0 Å². The molecule has 1 heterocycles. The Morgan fingerprint density at radius 1 is 1.26 bits per heavy atom. The van der Waals surface area contributed by atoms with Crippen LogP contribution in [0.25, 0.3) is 0 Å². The number of aliphatic carboxylic acids is 1. The van der Waals surface area contributed by atoms with E-state index < -0.39 is 40.5 Å². The summed E-state index contributed by atoms with van der Waals surface area (Å²) in [5, 5.41) is 9.06. The molecule has 1 saturated heterocycles. The Labute approximate surface area is 180 Å².